The highest BCUT2D eigenvalue weighted by atomic mass is 16.7. The Morgan fingerprint density at radius 1 is 0.470 bits per heavy atom. The lowest BCUT2D eigenvalue weighted by molar-refractivity contribution is -0.305. The number of esters is 1. The largest absolute Gasteiger partial charge is 0.454 e. The number of ether oxygens (including phenoxy) is 3. The molecule has 6 N–H and O–H groups in total. The number of aliphatic hydroxyl groups is 5. The molecule has 8 unspecified atom stereocenters. The van der Waals surface area contributed by atoms with Gasteiger partial charge in [0.1, 0.15) is 24.4 Å². The Balaban J connectivity index is 2.61. The zero-order valence-corrected chi connectivity index (χ0v) is 53.6. The fourth-order valence-corrected chi connectivity index (χ4v) is 10.6. The summed E-state index contributed by atoms with van der Waals surface area (Å²) in [5.74, 6) is -1.20. The molecule has 0 spiro atoms. The Morgan fingerprint density at radius 3 is 1.27 bits per heavy atom. The lowest BCUT2D eigenvalue weighted by Gasteiger charge is -2.41. The Bertz CT molecular complexity index is 1630. The van der Waals surface area contributed by atoms with Gasteiger partial charge in [-0.1, -0.05) is 280 Å². The third kappa shape index (κ3) is 46.9. The fourth-order valence-electron chi connectivity index (χ4n) is 10.6. The summed E-state index contributed by atoms with van der Waals surface area (Å²) in [4.78, 5) is 26.7. The van der Waals surface area contributed by atoms with E-state index in [0.29, 0.717) is 12.8 Å². The third-order valence-corrected chi connectivity index (χ3v) is 16.1. The van der Waals surface area contributed by atoms with Crippen molar-refractivity contribution in [1.82, 2.24) is 5.32 Å². The van der Waals surface area contributed by atoms with Gasteiger partial charge in [0.2, 0.25) is 5.91 Å². The molecular weight excluding hydrogens is 1040 g/mol. The molecule has 1 fully saturated rings. The average Bonchev–Trinajstić information content (AvgIpc) is 3.67. The van der Waals surface area contributed by atoms with Crippen LogP contribution in [0, 0.1) is 0 Å². The Kier molecular flexibility index (Phi) is 55.9. The number of amides is 1. The van der Waals surface area contributed by atoms with Crippen molar-refractivity contribution in [2.45, 2.75) is 359 Å². The van der Waals surface area contributed by atoms with Crippen LogP contribution in [0.1, 0.15) is 310 Å². The summed E-state index contributed by atoms with van der Waals surface area (Å²) in [5, 5.41) is 57.2. The molecule has 0 aromatic rings. The summed E-state index contributed by atoms with van der Waals surface area (Å²) in [7, 11) is 0. The normalized spacial score (nSPS) is 19.0. The number of hydrogen-bond acceptors (Lipinski definition) is 10. The van der Waals surface area contributed by atoms with E-state index in [0.717, 1.165) is 96.3 Å². The van der Waals surface area contributed by atoms with Crippen LogP contribution >= 0.6 is 0 Å². The van der Waals surface area contributed by atoms with E-state index in [2.05, 4.69) is 86.8 Å². The second-order valence-corrected chi connectivity index (χ2v) is 23.9. The summed E-state index contributed by atoms with van der Waals surface area (Å²) < 4.78 is 17.7. The molecule has 1 rings (SSSR count). The molecule has 0 aromatic heterocycles. The molecule has 0 saturated carbocycles. The van der Waals surface area contributed by atoms with Crippen LogP contribution in [0.15, 0.2) is 72.9 Å². The lowest BCUT2D eigenvalue weighted by atomic mass is 9.99. The topological polar surface area (TPSA) is 175 Å². The molecule has 8 atom stereocenters. The Morgan fingerprint density at radius 2 is 0.831 bits per heavy atom. The summed E-state index contributed by atoms with van der Waals surface area (Å²) in [6, 6.07) is -1.03. The summed E-state index contributed by atoms with van der Waals surface area (Å²) in [6.45, 7) is 5.76. The van der Waals surface area contributed by atoms with Crippen LogP contribution in [0.5, 0.6) is 0 Å². The Hall–Kier alpha value is -2.90. The van der Waals surface area contributed by atoms with E-state index in [4.69, 9.17) is 14.2 Å². The van der Waals surface area contributed by atoms with Gasteiger partial charge in [0, 0.05) is 6.42 Å². The van der Waals surface area contributed by atoms with Gasteiger partial charge < -0.3 is 45.1 Å². The maximum atomic E-state index is 13.5. The van der Waals surface area contributed by atoms with E-state index in [1.165, 1.54) is 167 Å². The van der Waals surface area contributed by atoms with Crippen molar-refractivity contribution < 1.29 is 49.3 Å². The standard InChI is InChI=1S/C72H129NO10/c1-4-7-10-13-16-19-22-25-27-29-30-31-32-33-34-35-37-38-41-44-47-50-53-56-59-65(76)71(80)73-63(64(75)58-55-52-49-46-43-40-24-21-18-15-12-9-6-3)62-81-72-70(69(79)68(78)66(61-74)82-72)83-67(77)60-57-54-51-48-45-42-39-36-28-26-23-20-17-14-11-8-5-2/h16-17,19-20,25-28,30-31,55,58,63-66,68-70,72,74-76,78-79H,4-15,18,21-24,29,32-54,56-57,59-62H2,1-3H3,(H,73,80)/b19-16-,20-17-,27-25-,28-26-,31-30-,58-55+. The van der Waals surface area contributed by atoms with Gasteiger partial charge >= 0.3 is 5.97 Å². The number of aliphatic hydroxyl groups excluding tert-OH is 5. The monoisotopic (exact) mass is 1170 g/mol. The van der Waals surface area contributed by atoms with Crippen LogP contribution in [0.25, 0.3) is 0 Å². The Labute approximate surface area is 509 Å². The molecule has 0 aromatic carbocycles. The van der Waals surface area contributed by atoms with Gasteiger partial charge in [-0.05, 0) is 96.3 Å². The SMILES string of the molecule is CCCCC/C=C\C/C=C\C/C=C\CCCCCCCCCCCCCC(O)C(=O)NC(COC1OC(CO)C(O)C(O)C1OC(=O)CCCCCCCCC/C=C\C/C=C\CCCCC)C(O)/C=C/CCCCCCCCCCCCC. The van der Waals surface area contributed by atoms with Gasteiger partial charge in [-0.25, -0.2) is 0 Å². The number of unbranched alkanes of at least 4 members (excludes halogenated alkanes) is 35. The molecule has 482 valence electrons. The number of nitrogens with one attached hydrogen (secondary N) is 1. The maximum absolute atomic E-state index is 13.5. The highest BCUT2D eigenvalue weighted by Gasteiger charge is 2.47. The van der Waals surface area contributed by atoms with E-state index in [9.17, 15) is 35.1 Å². The smallest absolute Gasteiger partial charge is 0.306 e. The fraction of sp³-hybridized carbons (Fsp3) is 0.806. The van der Waals surface area contributed by atoms with E-state index in [-0.39, 0.29) is 19.4 Å². The van der Waals surface area contributed by atoms with Gasteiger partial charge in [0.15, 0.2) is 12.4 Å². The lowest BCUT2D eigenvalue weighted by Crippen LogP contribution is -2.61. The van der Waals surface area contributed by atoms with Gasteiger partial charge in [-0.15, -0.1) is 0 Å². The number of carbonyl (C=O) groups is 2. The first kappa shape index (κ1) is 78.1. The first-order chi connectivity index (χ1) is 40.7. The molecule has 0 bridgehead atoms. The van der Waals surface area contributed by atoms with Crippen molar-refractivity contribution in [3.8, 4) is 0 Å². The number of carbonyl (C=O) groups excluding carboxylic acids is 2. The van der Waals surface area contributed by atoms with Crippen molar-refractivity contribution in [2.75, 3.05) is 13.2 Å². The second kappa shape index (κ2) is 59.4. The van der Waals surface area contributed by atoms with E-state index < -0.39 is 67.4 Å². The summed E-state index contributed by atoms with van der Waals surface area (Å²) in [6.07, 6.45) is 66.4. The maximum Gasteiger partial charge on any atom is 0.306 e. The molecule has 0 radical (unpaired) electrons. The number of rotatable bonds is 59. The predicted octanol–water partition coefficient (Wildman–Crippen LogP) is 17.5. The predicted molar refractivity (Wildman–Crippen MR) is 347 cm³/mol. The van der Waals surface area contributed by atoms with Gasteiger partial charge in [-0.2, -0.15) is 0 Å². The summed E-state index contributed by atoms with van der Waals surface area (Å²) >= 11 is 0. The highest BCUT2D eigenvalue weighted by Crippen LogP contribution is 2.26. The minimum absolute atomic E-state index is 0.113. The van der Waals surface area contributed by atoms with Crippen LogP contribution < -0.4 is 5.32 Å². The minimum Gasteiger partial charge on any atom is -0.454 e. The quantitative estimate of drug-likeness (QED) is 0.0195. The van der Waals surface area contributed by atoms with Crippen molar-refractivity contribution in [3.05, 3.63) is 72.9 Å². The molecule has 83 heavy (non-hydrogen) atoms. The average molecular weight is 1170 g/mol. The molecule has 11 nitrogen and oxygen atoms in total. The molecule has 11 heteroatoms. The van der Waals surface area contributed by atoms with Crippen LogP contribution in [0.3, 0.4) is 0 Å². The minimum atomic E-state index is -1.62. The van der Waals surface area contributed by atoms with Crippen molar-refractivity contribution >= 4 is 11.9 Å². The zero-order valence-electron chi connectivity index (χ0n) is 53.6. The molecule has 1 amide bonds. The molecule has 1 aliphatic heterocycles. The molecule has 0 aliphatic carbocycles. The van der Waals surface area contributed by atoms with Gasteiger partial charge in [0.25, 0.3) is 0 Å². The zero-order chi connectivity index (χ0) is 60.3. The molecule has 1 saturated heterocycles. The van der Waals surface area contributed by atoms with Crippen LogP contribution in [0.2, 0.25) is 0 Å². The van der Waals surface area contributed by atoms with Crippen molar-refractivity contribution in [3.63, 3.8) is 0 Å². The van der Waals surface area contributed by atoms with Crippen LogP contribution in [-0.2, 0) is 23.8 Å². The number of hydrogen-bond donors (Lipinski definition) is 6. The van der Waals surface area contributed by atoms with E-state index in [1.54, 1.807) is 6.08 Å². The van der Waals surface area contributed by atoms with Gasteiger partial charge in [-0.3, -0.25) is 9.59 Å². The molecule has 1 heterocycles. The first-order valence-corrected chi connectivity index (χ1v) is 34.7. The van der Waals surface area contributed by atoms with Crippen molar-refractivity contribution in [2.24, 2.45) is 0 Å². The van der Waals surface area contributed by atoms with Crippen LogP contribution in [-0.4, -0.2) is 99.6 Å². The van der Waals surface area contributed by atoms with Gasteiger partial charge in [0.05, 0.1) is 25.4 Å². The number of allylic oxidation sites excluding steroid dienone is 11. The first-order valence-electron chi connectivity index (χ1n) is 34.7. The molecule has 1 aliphatic rings. The van der Waals surface area contributed by atoms with Crippen molar-refractivity contribution in [1.29, 1.82) is 0 Å². The second-order valence-electron chi connectivity index (χ2n) is 23.9. The van der Waals surface area contributed by atoms with E-state index in [1.807, 2.05) is 6.08 Å². The van der Waals surface area contributed by atoms with Crippen LogP contribution in [0.4, 0.5) is 0 Å². The molecular formula is C72H129NO10. The third-order valence-electron chi connectivity index (χ3n) is 16.1. The highest BCUT2D eigenvalue weighted by molar-refractivity contribution is 5.80. The summed E-state index contributed by atoms with van der Waals surface area (Å²) in [5.41, 5.74) is 0. The van der Waals surface area contributed by atoms with E-state index >= 15 is 0 Å².